The van der Waals surface area contributed by atoms with Gasteiger partial charge in [-0.1, -0.05) is 54.1 Å². The number of aryl methyl sites for hydroxylation is 2. The molecule has 30 heavy (non-hydrogen) atoms. The second kappa shape index (κ2) is 8.00. The number of benzene rings is 2. The van der Waals surface area contributed by atoms with Gasteiger partial charge in [0.25, 0.3) is 5.56 Å². The average Bonchev–Trinajstić information content (AvgIpc) is 3.08. The van der Waals surface area contributed by atoms with Crippen LogP contribution in [0.5, 0.6) is 0 Å². The fraction of sp³-hybridized carbons (Fsp3) is 0.143. The van der Waals surface area contributed by atoms with Crippen molar-refractivity contribution in [2.24, 2.45) is 19.2 Å². The number of aromatic nitrogens is 4. The molecule has 0 fully saturated rings. The van der Waals surface area contributed by atoms with E-state index in [9.17, 15) is 9.59 Å². The summed E-state index contributed by atoms with van der Waals surface area (Å²) in [5.41, 5.74) is 4.33. The van der Waals surface area contributed by atoms with Gasteiger partial charge >= 0.3 is 5.69 Å². The minimum Gasteiger partial charge on any atom is -0.306 e. The van der Waals surface area contributed by atoms with Gasteiger partial charge in [0.2, 0.25) is 5.95 Å². The van der Waals surface area contributed by atoms with Crippen molar-refractivity contribution >= 4 is 34.9 Å². The molecule has 9 heteroatoms. The minimum atomic E-state index is -0.425. The first-order valence-corrected chi connectivity index (χ1v) is 9.58. The molecule has 0 amide bonds. The van der Waals surface area contributed by atoms with Gasteiger partial charge in [-0.2, -0.15) is 10.1 Å². The molecule has 0 radical (unpaired) electrons. The summed E-state index contributed by atoms with van der Waals surface area (Å²) in [5.74, 6) is 0.347. The van der Waals surface area contributed by atoms with Gasteiger partial charge in [0.05, 0.1) is 12.8 Å². The number of halogens is 1. The second-order valence-corrected chi connectivity index (χ2v) is 7.24. The van der Waals surface area contributed by atoms with Crippen LogP contribution in [-0.2, 0) is 20.6 Å². The van der Waals surface area contributed by atoms with E-state index in [0.717, 1.165) is 11.1 Å². The zero-order chi connectivity index (χ0) is 21.3. The van der Waals surface area contributed by atoms with Gasteiger partial charge in [0, 0.05) is 19.1 Å². The topological polar surface area (TPSA) is 86.2 Å². The SMILES string of the molecule is Cn1c(N/N=C\c2ccc(Cl)cc2)nc2c1c(=O)n(Cc1ccccc1)c(=O)n2C. The van der Waals surface area contributed by atoms with Crippen LogP contribution in [0, 0.1) is 0 Å². The van der Waals surface area contributed by atoms with Crippen LogP contribution in [0.2, 0.25) is 5.02 Å². The molecule has 0 saturated heterocycles. The number of nitrogens with one attached hydrogen (secondary N) is 1. The molecule has 2 heterocycles. The first-order chi connectivity index (χ1) is 14.5. The molecule has 4 aromatic rings. The number of hydrogen-bond donors (Lipinski definition) is 1. The number of nitrogens with zero attached hydrogens (tertiary/aromatic N) is 5. The van der Waals surface area contributed by atoms with E-state index in [0.29, 0.717) is 22.1 Å². The van der Waals surface area contributed by atoms with Crippen LogP contribution in [-0.4, -0.2) is 24.9 Å². The van der Waals surface area contributed by atoms with Crippen molar-refractivity contribution in [2.75, 3.05) is 5.43 Å². The molecular formula is C21H19ClN6O2. The lowest BCUT2D eigenvalue weighted by Crippen LogP contribution is -2.39. The molecule has 0 saturated carbocycles. The molecule has 0 aliphatic rings. The summed E-state index contributed by atoms with van der Waals surface area (Å²) in [4.78, 5) is 30.2. The van der Waals surface area contributed by atoms with Crippen LogP contribution >= 0.6 is 11.6 Å². The van der Waals surface area contributed by atoms with E-state index < -0.39 is 11.2 Å². The van der Waals surface area contributed by atoms with Crippen LogP contribution in [0.4, 0.5) is 5.95 Å². The Kier molecular flexibility index (Phi) is 5.24. The third-order valence-electron chi connectivity index (χ3n) is 4.79. The summed E-state index contributed by atoms with van der Waals surface area (Å²) in [6.07, 6.45) is 1.61. The van der Waals surface area contributed by atoms with Crippen LogP contribution in [0.25, 0.3) is 11.2 Å². The lowest BCUT2D eigenvalue weighted by Gasteiger charge is -2.08. The first-order valence-electron chi connectivity index (χ1n) is 9.20. The lowest BCUT2D eigenvalue weighted by molar-refractivity contribution is 0.655. The van der Waals surface area contributed by atoms with Gasteiger partial charge in [0.15, 0.2) is 11.2 Å². The zero-order valence-electron chi connectivity index (χ0n) is 16.4. The first kappa shape index (κ1) is 19.7. The van der Waals surface area contributed by atoms with Gasteiger partial charge in [0.1, 0.15) is 0 Å². The molecule has 8 nitrogen and oxygen atoms in total. The molecule has 0 aliphatic heterocycles. The summed E-state index contributed by atoms with van der Waals surface area (Å²) in [5, 5.41) is 4.81. The normalized spacial score (nSPS) is 11.4. The van der Waals surface area contributed by atoms with Crippen LogP contribution in [0.1, 0.15) is 11.1 Å². The number of imidazole rings is 1. The molecule has 152 valence electrons. The van der Waals surface area contributed by atoms with Gasteiger partial charge < -0.3 is 4.57 Å². The summed E-state index contributed by atoms with van der Waals surface area (Å²) >= 11 is 5.88. The molecule has 0 bridgehead atoms. The smallest absolute Gasteiger partial charge is 0.306 e. The quantitative estimate of drug-likeness (QED) is 0.395. The predicted molar refractivity (Wildman–Crippen MR) is 118 cm³/mol. The lowest BCUT2D eigenvalue weighted by atomic mass is 10.2. The highest BCUT2D eigenvalue weighted by Gasteiger charge is 2.18. The zero-order valence-corrected chi connectivity index (χ0v) is 17.2. The van der Waals surface area contributed by atoms with Gasteiger partial charge in [-0.05, 0) is 23.3 Å². The fourth-order valence-electron chi connectivity index (χ4n) is 3.16. The highest BCUT2D eigenvalue weighted by atomic mass is 35.5. The van der Waals surface area contributed by atoms with E-state index in [2.05, 4.69) is 15.5 Å². The summed E-state index contributed by atoms with van der Waals surface area (Å²) in [6.45, 7) is 0.185. The predicted octanol–water partition coefficient (Wildman–Crippen LogP) is 2.58. The fourth-order valence-corrected chi connectivity index (χ4v) is 3.29. The molecule has 4 rings (SSSR count). The maximum absolute atomic E-state index is 13.1. The number of rotatable bonds is 5. The third-order valence-corrected chi connectivity index (χ3v) is 5.04. The maximum atomic E-state index is 13.1. The number of anilines is 1. The van der Waals surface area contributed by atoms with E-state index in [1.165, 1.54) is 9.13 Å². The highest BCUT2D eigenvalue weighted by molar-refractivity contribution is 6.30. The van der Waals surface area contributed by atoms with E-state index in [4.69, 9.17) is 11.6 Å². The van der Waals surface area contributed by atoms with E-state index >= 15 is 0 Å². The molecule has 0 atom stereocenters. The van der Waals surface area contributed by atoms with E-state index in [1.807, 2.05) is 42.5 Å². The Bertz CT molecular complexity index is 1350. The largest absolute Gasteiger partial charge is 0.332 e. The molecule has 2 aromatic carbocycles. The maximum Gasteiger partial charge on any atom is 0.332 e. The standard InChI is InChI=1S/C21H19ClN6O2/c1-26-17-18(24-20(26)25-23-12-14-8-10-16(22)11-9-14)27(2)21(30)28(19(17)29)13-15-6-4-3-5-7-15/h3-12H,13H2,1-2H3,(H,24,25)/b23-12-. The Balaban J connectivity index is 1.72. The Morgan fingerprint density at radius 1 is 1.03 bits per heavy atom. The average molecular weight is 423 g/mol. The van der Waals surface area contributed by atoms with Crippen molar-refractivity contribution in [3.63, 3.8) is 0 Å². The van der Waals surface area contributed by atoms with Crippen molar-refractivity contribution in [3.8, 4) is 0 Å². The number of hydrogen-bond acceptors (Lipinski definition) is 5. The van der Waals surface area contributed by atoms with Crippen molar-refractivity contribution in [1.29, 1.82) is 0 Å². The molecule has 0 aliphatic carbocycles. The van der Waals surface area contributed by atoms with Crippen molar-refractivity contribution in [1.82, 2.24) is 18.7 Å². The Morgan fingerprint density at radius 3 is 2.43 bits per heavy atom. The Hall–Kier alpha value is -3.65. The summed E-state index contributed by atoms with van der Waals surface area (Å²) < 4.78 is 4.17. The van der Waals surface area contributed by atoms with Crippen LogP contribution in [0.15, 0.2) is 69.3 Å². The molecular weight excluding hydrogens is 404 g/mol. The van der Waals surface area contributed by atoms with Gasteiger partial charge in [-0.3, -0.25) is 13.9 Å². The van der Waals surface area contributed by atoms with E-state index in [1.54, 1.807) is 37.0 Å². The minimum absolute atomic E-state index is 0.185. The highest BCUT2D eigenvalue weighted by Crippen LogP contribution is 2.14. The second-order valence-electron chi connectivity index (χ2n) is 6.81. The van der Waals surface area contributed by atoms with Crippen molar-refractivity contribution in [2.45, 2.75) is 6.54 Å². The number of fused-ring (bicyclic) bond motifs is 1. The van der Waals surface area contributed by atoms with Crippen molar-refractivity contribution in [3.05, 3.63) is 91.6 Å². The summed E-state index contributed by atoms with van der Waals surface area (Å²) in [7, 11) is 3.30. The van der Waals surface area contributed by atoms with E-state index in [-0.39, 0.29) is 6.54 Å². The Morgan fingerprint density at radius 2 is 1.73 bits per heavy atom. The number of hydrazone groups is 1. The molecule has 0 spiro atoms. The Labute approximate surface area is 176 Å². The monoisotopic (exact) mass is 422 g/mol. The van der Waals surface area contributed by atoms with Gasteiger partial charge in [-0.15, -0.1) is 0 Å². The molecule has 2 aromatic heterocycles. The van der Waals surface area contributed by atoms with Gasteiger partial charge in [-0.25, -0.2) is 10.2 Å². The van der Waals surface area contributed by atoms with Crippen molar-refractivity contribution < 1.29 is 0 Å². The molecule has 0 unspecified atom stereocenters. The van der Waals surface area contributed by atoms with Crippen LogP contribution in [0.3, 0.4) is 0 Å². The molecule has 1 N–H and O–H groups in total. The third kappa shape index (κ3) is 3.65. The summed E-state index contributed by atoms with van der Waals surface area (Å²) in [6, 6.07) is 16.6. The van der Waals surface area contributed by atoms with Crippen LogP contribution < -0.4 is 16.7 Å².